The van der Waals surface area contributed by atoms with E-state index < -0.39 is 22.0 Å². The van der Waals surface area contributed by atoms with Gasteiger partial charge in [0.05, 0.1) is 17.3 Å². The van der Waals surface area contributed by atoms with Gasteiger partial charge in [0.1, 0.15) is 10.6 Å². The number of benzene rings is 2. The predicted octanol–water partition coefficient (Wildman–Crippen LogP) is 2.87. The van der Waals surface area contributed by atoms with Crippen molar-refractivity contribution in [1.82, 2.24) is 9.21 Å². The maximum atomic E-state index is 13.5. The summed E-state index contributed by atoms with van der Waals surface area (Å²) in [5, 5.41) is 0.0384. The Balaban J connectivity index is 2.04. The lowest BCUT2D eigenvalue weighted by Gasteiger charge is -2.35. The molecule has 1 atom stereocenters. The Bertz CT molecular complexity index is 1130. The van der Waals surface area contributed by atoms with E-state index in [4.69, 9.17) is 16.3 Å². The normalized spacial score (nSPS) is 15.8. The zero-order valence-corrected chi connectivity index (χ0v) is 20.0. The summed E-state index contributed by atoms with van der Waals surface area (Å²) in [5.74, 6) is -0.333. The van der Waals surface area contributed by atoms with Gasteiger partial charge < -0.3 is 14.5 Å². The first-order valence-corrected chi connectivity index (χ1v) is 12.0. The van der Waals surface area contributed by atoms with E-state index in [1.165, 1.54) is 32.3 Å². The van der Waals surface area contributed by atoms with Crippen molar-refractivity contribution in [2.75, 3.05) is 38.6 Å². The van der Waals surface area contributed by atoms with Gasteiger partial charge in [-0.25, -0.2) is 8.42 Å². The van der Waals surface area contributed by atoms with Crippen LogP contribution in [0, 0.1) is 0 Å². The molecule has 1 heterocycles. The molecule has 2 aromatic carbocycles. The SMILES string of the molecule is CCN(CC)S(=O)(=O)c1cc(C(=O)N2CC(C(=O)N(C)C)Oc3ccccc32)ccc1Cl. The zero-order valence-electron chi connectivity index (χ0n) is 18.4. The number of likely N-dealkylation sites (N-methyl/N-ethyl adjacent to an activating group) is 1. The highest BCUT2D eigenvalue weighted by atomic mass is 35.5. The first kappa shape index (κ1) is 24.0. The molecule has 0 N–H and O–H groups in total. The third-order valence-corrected chi connectivity index (χ3v) is 7.77. The Morgan fingerprint density at radius 3 is 2.41 bits per heavy atom. The molecule has 0 spiro atoms. The molecule has 0 radical (unpaired) electrons. The van der Waals surface area contributed by atoms with Crippen LogP contribution in [0.3, 0.4) is 0 Å². The molecule has 1 unspecified atom stereocenters. The molecule has 0 aromatic heterocycles. The number of para-hydroxylation sites is 2. The fourth-order valence-corrected chi connectivity index (χ4v) is 5.49. The van der Waals surface area contributed by atoms with Gasteiger partial charge in [-0.15, -0.1) is 0 Å². The summed E-state index contributed by atoms with van der Waals surface area (Å²) in [5.41, 5.74) is 0.649. The summed E-state index contributed by atoms with van der Waals surface area (Å²) in [6, 6.07) is 11.1. The maximum absolute atomic E-state index is 13.5. The number of ether oxygens (including phenoxy) is 1. The van der Waals surface area contributed by atoms with Crippen LogP contribution < -0.4 is 9.64 Å². The van der Waals surface area contributed by atoms with Crippen molar-refractivity contribution >= 4 is 39.1 Å². The Morgan fingerprint density at radius 1 is 1.12 bits per heavy atom. The number of nitrogens with zero attached hydrogens (tertiary/aromatic N) is 3. The topological polar surface area (TPSA) is 87.2 Å². The van der Waals surface area contributed by atoms with Crippen molar-refractivity contribution in [2.24, 2.45) is 0 Å². The second-order valence-corrected chi connectivity index (χ2v) is 9.77. The van der Waals surface area contributed by atoms with E-state index in [1.54, 1.807) is 52.2 Å². The predicted molar refractivity (Wildman–Crippen MR) is 123 cm³/mol. The average molecular weight is 480 g/mol. The minimum Gasteiger partial charge on any atom is -0.476 e. The van der Waals surface area contributed by atoms with Gasteiger partial charge in [-0.05, 0) is 30.3 Å². The van der Waals surface area contributed by atoms with Crippen LogP contribution in [0.15, 0.2) is 47.4 Å². The number of hydrogen-bond donors (Lipinski definition) is 0. The highest BCUT2D eigenvalue weighted by Gasteiger charge is 2.35. The lowest BCUT2D eigenvalue weighted by Crippen LogP contribution is -2.50. The van der Waals surface area contributed by atoms with E-state index in [1.807, 2.05) is 0 Å². The molecule has 10 heteroatoms. The second kappa shape index (κ2) is 9.48. The van der Waals surface area contributed by atoms with E-state index in [0.29, 0.717) is 11.4 Å². The van der Waals surface area contributed by atoms with Crippen molar-refractivity contribution in [3.05, 3.63) is 53.1 Å². The molecule has 1 aliphatic rings. The maximum Gasteiger partial charge on any atom is 0.265 e. The summed E-state index contributed by atoms with van der Waals surface area (Å²) < 4.78 is 33.2. The molecule has 1 aliphatic heterocycles. The third-order valence-electron chi connectivity index (χ3n) is 5.24. The molecule has 0 saturated heterocycles. The van der Waals surface area contributed by atoms with E-state index in [2.05, 4.69) is 0 Å². The standard InChI is InChI=1S/C22H26ClN3O5S/c1-5-25(6-2)32(29,30)20-13-15(11-12-16(20)23)21(27)26-14-19(22(28)24(3)4)31-18-10-8-7-9-17(18)26/h7-13,19H,5-6,14H2,1-4H3. The number of fused-ring (bicyclic) bond motifs is 1. The van der Waals surface area contributed by atoms with Crippen molar-refractivity contribution < 1.29 is 22.7 Å². The minimum atomic E-state index is -3.87. The monoisotopic (exact) mass is 479 g/mol. The van der Waals surface area contributed by atoms with Gasteiger partial charge in [0, 0.05) is 32.7 Å². The van der Waals surface area contributed by atoms with Crippen molar-refractivity contribution in [2.45, 2.75) is 24.8 Å². The fraction of sp³-hybridized carbons (Fsp3) is 0.364. The van der Waals surface area contributed by atoms with Gasteiger partial charge in [0.15, 0.2) is 6.10 Å². The number of carbonyl (C=O) groups is 2. The van der Waals surface area contributed by atoms with Crippen LogP contribution >= 0.6 is 11.6 Å². The van der Waals surface area contributed by atoms with E-state index in [9.17, 15) is 18.0 Å². The second-order valence-electron chi connectivity index (χ2n) is 7.46. The minimum absolute atomic E-state index is 0.00633. The number of sulfonamides is 1. The lowest BCUT2D eigenvalue weighted by molar-refractivity contribution is -0.135. The van der Waals surface area contributed by atoms with Crippen LogP contribution in [0.4, 0.5) is 5.69 Å². The van der Waals surface area contributed by atoms with Gasteiger partial charge >= 0.3 is 0 Å². The van der Waals surface area contributed by atoms with Gasteiger partial charge in [-0.2, -0.15) is 4.31 Å². The van der Waals surface area contributed by atoms with Gasteiger partial charge in [-0.3, -0.25) is 9.59 Å². The molecular weight excluding hydrogens is 454 g/mol. The summed E-state index contributed by atoms with van der Waals surface area (Å²) in [6.07, 6.45) is -0.880. The van der Waals surface area contributed by atoms with Crippen LogP contribution in [0.1, 0.15) is 24.2 Å². The Morgan fingerprint density at radius 2 is 1.78 bits per heavy atom. The number of amides is 2. The highest BCUT2D eigenvalue weighted by molar-refractivity contribution is 7.89. The smallest absolute Gasteiger partial charge is 0.265 e. The molecule has 172 valence electrons. The quantitative estimate of drug-likeness (QED) is 0.635. The number of hydrogen-bond acceptors (Lipinski definition) is 5. The Kier molecular flexibility index (Phi) is 7.12. The van der Waals surface area contributed by atoms with E-state index in [-0.39, 0.29) is 41.0 Å². The Labute approximate surface area is 193 Å². The van der Waals surface area contributed by atoms with E-state index >= 15 is 0 Å². The van der Waals surface area contributed by atoms with Crippen LogP contribution in [0.5, 0.6) is 5.75 Å². The molecule has 0 fully saturated rings. The van der Waals surface area contributed by atoms with E-state index in [0.717, 1.165) is 0 Å². The van der Waals surface area contributed by atoms with Crippen LogP contribution in [-0.2, 0) is 14.8 Å². The fourth-order valence-electron chi connectivity index (χ4n) is 3.54. The molecule has 2 amide bonds. The molecule has 0 aliphatic carbocycles. The number of anilines is 1. The number of halogens is 1. The summed E-state index contributed by atoms with van der Waals surface area (Å²) in [6.45, 7) is 4.01. The third kappa shape index (κ3) is 4.46. The zero-order chi connectivity index (χ0) is 23.6. The van der Waals surface area contributed by atoms with Crippen LogP contribution in [0.2, 0.25) is 5.02 Å². The van der Waals surface area contributed by atoms with Crippen molar-refractivity contribution in [1.29, 1.82) is 0 Å². The van der Waals surface area contributed by atoms with Crippen molar-refractivity contribution in [3.8, 4) is 5.75 Å². The molecule has 8 nitrogen and oxygen atoms in total. The van der Waals surface area contributed by atoms with Crippen molar-refractivity contribution in [3.63, 3.8) is 0 Å². The summed E-state index contributed by atoms with van der Waals surface area (Å²) in [7, 11) is -0.643. The molecule has 2 aromatic rings. The summed E-state index contributed by atoms with van der Waals surface area (Å²) >= 11 is 6.21. The largest absolute Gasteiger partial charge is 0.476 e. The number of rotatable bonds is 6. The molecule has 0 saturated carbocycles. The molecular formula is C22H26ClN3O5S. The molecule has 3 rings (SSSR count). The first-order valence-electron chi connectivity index (χ1n) is 10.2. The van der Waals surface area contributed by atoms with Gasteiger partial charge in [0.25, 0.3) is 11.8 Å². The number of carbonyl (C=O) groups excluding carboxylic acids is 2. The van der Waals surface area contributed by atoms with Crippen LogP contribution in [0.25, 0.3) is 0 Å². The average Bonchev–Trinajstić information content (AvgIpc) is 2.78. The summed E-state index contributed by atoms with van der Waals surface area (Å²) in [4.78, 5) is 28.7. The molecule has 32 heavy (non-hydrogen) atoms. The lowest BCUT2D eigenvalue weighted by atomic mass is 10.1. The Hall–Kier alpha value is -2.62. The van der Waals surface area contributed by atoms with Gasteiger partial charge in [0.2, 0.25) is 10.0 Å². The molecule has 0 bridgehead atoms. The van der Waals surface area contributed by atoms with Crippen LogP contribution in [-0.4, -0.2) is 69.3 Å². The first-order chi connectivity index (χ1) is 15.1. The highest BCUT2D eigenvalue weighted by Crippen LogP contribution is 2.35. The van der Waals surface area contributed by atoms with Gasteiger partial charge in [-0.1, -0.05) is 37.6 Å².